The standard InChI is InChI=1S/C23H21NO2/c25-21(17-16-18-10-4-1-5-11-18)23(26)24-22(19-12-6-2-7-13-19)20-14-8-3-9-15-20/h1-17,21-22,25H,(H,24,26)/b17-16+/t21-/m0/s1. The molecule has 0 spiro atoms. The van der Waals surface area contributed by atoms with Crippen LogP contribution in [0.3, 0.4) is 0 Å². The molecule has 26 heavy (non-hydrogen) atoms. The van der Waals surface area contributed by atoms with Crippen LogP contribution in [0, 0.1) is 0 Å². The minimum atomic E-state index is -1.22. The van der Waals surface area contributed by atoms with E-state index < -0.39 is 12.0 Å². The van der Waals surface area contributed by atoms with Crippen molar-refractivity contribution in [3.8, 4) is 0 Å². The molecule has 3 aromatic rings. The van der Waals surface area contributed by atoms with Gasteiger partial charge in [-0.3, -0.25) is 4.79 Å². The molecule has 0 aromatic heterocycles. The van der Waals surface area contributed by atoms with Gasteiger partial charge in [-0.15, -0.1) is 0 Å². The summed E-state index contributed by atoms with van der Waals surface area (Å²) in [6.45, 7) is 0. The van der Waals surface area contributed by atoms with Crippen molar-refractivity contribution in [2.45, 2.75) is 12.1 Å². The number of carbonyl (C=O) groups is 1. The van der Waals surface area contributed by atoms with Crippen LogP contribution in [0.15, 0.2) is 97.1 Å². The van der Waals surface area contributed by atoms with Gasteiger partial charge in [-0.2, -0.15) is 0 Å². The van der Waals surface area contributed by atoms with Crippen molar-refractivity contribution in [3.63, 3.8) is 0 Å². The molecule has 0 heterocycles. The van der Waals surface area contributed by atoms with Crippen LogP contribution in [0.5, 0.6) is 0 Å². The van der Waals surface area contributed by atoms with Gasteiger partial charge in [0.2, 0.25) is 0 Å². The summed E-state index contributed by atoms with van der Waals surface area (Å²) in [7, 11) is 0. The monoisotopic (exact) mass is 343 g/mol. The molecule has 0 aliphatic rings. The van der Waals surface area contributed by atoms with Gasteiger partial charge < -0.3 is 10.4 Å². The zero-order valence-electron chi connectivity index (χ0n) is 14.3. The van der Waals surface area contributed by atoms with E-state index in [4.69, 9.17) is 0 Å². The van der Waals surface area contributed by atoms with Gasteiger partial charge in [-0.25, -0.2) is 0 Å². The van der Waals surface area contributed by atoms with E-state index in [-0.39, 0.29) is 6.04 Å². The van der Waals surface area contributed by atoms with E-state index >= 15 is 0 Å². The van der Waals surface area contributed by atoms with Crippen LogP contribution in [0.25, 0.3) is 6.08 Å². The Balaban J connectivity index is 1.76. The maximum atomic E-state index is 12.5. The Morgan fingerprint density at radius 2 is 1.23 bits per heavy atom. The molecule has 0 aliphatic carbocycles. The molecular weight excluding hydrogens is 322 g/mol. The van der Waals surface area contributed by atoms with Crippen LogP contribution >= 0.6 is 0 Å². The summed E-state index contributed by atoms with van der Waals surface area (Å²) in [5.41, 5.74) is 2.86. The molecule has 0 aliphatic heterocycles. The normalized spacial score (nSPS) is 12.2. The Kier molecular flexibility index (Phi) is 5.96. The molecule has 0 unspecified atom stereocenters. The number of hydrogen-bond donors (Lipinski definition) is 2. The molecule has 2 N–H and O–H groups in total. The lowest BCUT2D eigenvalue weighted by atomic mass is 9.98. The van der Waals surface area contributed by atoms with Crippen molar-refractivity contribution in [2.75, 3.05) is 0 Å². The summed E-state index contributed by atoms with van der Waals surface area (Å²) in [6, 6.07) is 28.7. The smallest absolute Gasteiger partial charge is 0.253 e. The number of hydrogen-bond acceptors (Lipinski definition) is 2. The van der Waals surface area contributed by atoms with E-state index in [1.807, 2.05) is 91.0 Å². The molecule has 3 heteroatoms. The van der Waals surface area contributed by atoms with Crippen LogP contribution in [0.4, 0.5) is 0 Å². The Morgan fingerprint density at radius 1 is 0.769 bits per heavy atom. The van der Waals surface area contributed by atoms with Gasteiger partial charge >= 0.3 is 0 Å². The predicted octanol–water partition coefficient (Wildman–Crippen LogP) is 3.97. The molecule has 0 radical (unpaired) electrons. The summed E-state index contributed by atoms with van der Waals surface area (Å²) >= 11 is 0. The second-order valence-corrected chi connectivity index (χ2v) is 5.98. The van der Waals surface area contributed by atoms with E-state index in [2.05, 4.69) is 5.32 Å². The van der Waals surface area contributed by atoms with Crippen molar-refractivity contribution in [2.24, 2.45) is 0 Å². The Hall–Kier alpha value is -3.17. The molecule has 130 valence electrons. The van der Waals surface area contributed by atoms with Gasteiger partial charge in [-0.1, -0.05) is 97.1 Å². The zero-order valence-corrected chi connectivity index (χ0v) is 14.3. The molecular formula is C23H21NO2. The number of rotatable bonds is 6. The topological polar surface area (TPSA) is 49.3 Å². The fourth-order valence-corrected chi connectivity index (χ4v) is 2.73. The van der Waals surface area contributed by atoms with E-state index in [1.54, 1.807) is 6.08 Å². The van der Waals surface area contributed by atoms with Gasteiger partial charge in [0, 0.05) is 0 Å². The third-order valence-corrected chi connectivity index (χ3v) is 4.09. The highest BCUT2D eigenvalue weighted by molar-refractivity contribution is 5.84. The molecule has 0 fully saturated rings. The maximum Gasteiger partial charge on any atom is 0.253 e. The molecule has 1 amide bonds. The summed E-state index contributed by atoms with van der Waals surface area (Å²) < 4.78 is 0. The van der Waals surface area contributed by atoms with Gasteiger partial charge in [-0.05, 0) is 22.8 Å². The van der Waals surface area contributed by atoms with Crippen molar-refractivity contribution in [1.82, 2.24) is 5.32 Å². The first kappa shape index (κ1) is 17.6. The summed E-state index contributed by atoms with van der Waals surface area (Å²) in [5, 5.41) is 13.2. The van der Waals surface area contributed by atoms with Gasteiger partial charge in [0.25, 0.3) is 5.91 Å². The highest BCUT2D eigenvalue weighted by Gasteiger charge is 2.20. The quantitative estimate of drug-likeness (QED) is 0.711. The van der Waals surface area contributed by atoms with Crippen molar-refractivity contribution < 1.29 is 9.90 Å². The summed E-state index contributed by atoms with van der Waals surface area (Å²) in [4.78, 5) is 12.5. The summed E-state index contributed by atoms with van der Waals surface area (Å²) in [6.07, 6.45) is 2.02. The van der Waals surface area contributed by atoms with Crippen molar-refractivity contribution in [3.05, 3.63) is 114 Å². The van der Waals surface area contributed by atoms with Crippen molar-refractivity contribution >= 4 is 12.0 Å². The highest BCUT2D eigenvalue weighted by Crippen LogP contribution is 2.21. The number of carbonyl (C=O) groups excluding carboxylic acids is 1. The minimum absolute atomic E-state index is 0.315. The third-order valence-electron chi connectivity index (χ3n) is 4.09. The van der Waals surface area contributed by atoms with Gasteiger partial charge in [0.1, 0.15) is 0 Å². The van der Waals surface area contributed by atoms with Crippen LogP contribution in [-0.4, -0.2) is 17.1 Å². The Bertz CT molecular complexity index is 806. The van der Waals surface area contributed by atoms with Crippen LogP contribution in [0.2, 0.25) is 0 Å². The average molecular weight is 343 g/mol. The first-order valence-corrected chi connectivity index (χ1v) is 8.55. The molecule has 1 atom stereocenters. The Labute approximate surface area is 153 Å². The molecule has 3 aromatic carbocycles. The second kappa shape index (κ2) is 8.79. The van der Waals surface area contributed by atoms with Crippen LogP contribution in [0.1, 0.15) is 22.7 Å². The average Bonchev–Trinajstić information content (AvgIpc) is 2.72. The SMILES string of the molecule is O=C(NC(c1ccccc1)c1ccccc1)[C@@H](O)/C=C/c1ccccc1. The second-order valence-electron chi connectivity index (χ2n) is 5.98. The molecule has 3 rings (SSSR count). The maximum absolute atomic E-state index is 12.5. The highest BCUT2D eigenvalue weighted by atomic mass is 16.3. The molecule has 3 nitrogen and oxygen atoms in total. The first-order valence-electron chi connectivity index (χ1n) is 8.55. The first-order chi connectivity index (χ1) is 12.7. The zero-order chi connectivity index (χ0) is 18.2. The third kappa shape index (κ3) is 4.68. The van der Waals surface area contributed by atoms with E-state index in [0.29, 0.717) is 0 Å². The Morgan fingerprint density at radius 3 is 1.73 bits per heavy atom. The van der Waals surface area contributed by atoms with E-state index in [1.165, 1.54) is 6.08 Å². The molecule has 0 saturated heterocycles. The minimum Gasteiger partial charge on any atom is -0.379 e. The van der Waals surface area contributed by atoms with Gasteiger partial charge in [0.05, 0.1) is 6.04 Å². The number of nitrogens with one attached hydrogen (secondary N) is 1. The van der Waals surface area contributed by atoms with E-state index in [0.717, 1.165) is 16.7 Å². The molecule has 0 saturated carbocycles. The largest absolute Gasteiger partial charge is 0.379 e. The lowest BCUT2D eigenvalue weighted by Gasteiger charge is -2.21. The van der Waals surface area contributed by atoms with E-state index in [9.17, 15) is 9.90 Å². The fourth-order valence-electron chi connectivity index (χ4n) is 2.73. The number of benzene rings is 3. The number of aliphatic hydroxyl groups is 1. The lowest BCUT2D eigenvalue weighted by molar-refractivity contribution is -0.127. The molecule has 0 bridgehead atoms. The van der Waals surface area contributed by atoms with Crippen molar-refractivity contribution in [1.29, 1.82) is 0 Å². The van der Waals surface area contributed by atoms with Gasteiger partial charge in [0.15, 0.2) is 6.10 Å². The van der Waals surface area contributed by atoms with Crippen LogP contribution in [-0.2, 0) is 4.79 Å². The lowest BCUT2D eigenvalue weighted by Crippen LogP contribution is -2.36. The van der Waals surface area contributed by atoms with Crippen LogP contribution < -0.4 is 5.32 Å². The summed E-state index contributed by atoms with van der Waals surface area (Å²) in [5.74, 6) is -0.435. The number of aliphatic hydroxyl groups excluding tert-OH is 1. The predicted molar refractivity (Wildman–Crippen MR) is 104 cm³/mol. The number of amides is 1. The fraction of sp³-hybridized carbons (Fsp3) is 0.0870.